The second-order valence-corrected chi connectivity index (χ2v) is 9.73. The molecule has 132 valence electrons. The highest BCUT2D eigenvalue weighted by Crippen LogP contribution is 2.23. The monoisotopic (exact) mass is 358 g/mol. The maximum Gasteiger partial charge on any atom is 0.284 e. The Morgan fingerprint density at radius 1 is 0.731 bits per heavy atom. The molecular formula is C24H26OSi. The fraction of sp³-hybridized carbons (Fsp3) is 0.167. The van der Waals surface area contributed by atoms with Crippen LogP contribution in [0.25, 0.3) is 6.08 Å². The number of benzene rings is 3. The Hall–Kier alpha value is -2.42. The molecule has 0 N–H and O–H groups in total. The summed E-state index contributed by atoms with van der Waals surface area (Å²) in [6.07, 6.45) is 3.30. The second-order valence-electron chi connectivity index (χ2n) is 6.28. The van der Waals surface area contributed by atoms with E-state index in [1.165, 1.54) is 21.1 Å². The quantitative estimate of drug-likeness (QED) is 0.551. The molecule has 0 heterocycles. The SMILES string of the molecule is CCO[Si](/C(=C/c1ccccc1)CC)(c1ccccc1)c1ccccc1. The predicted molar refractivity (Wildman–Crippen MR) is 114 cm³/mol. The normalized spacial score (nSPS) is 12.2. The van der Waals surface area contributed by atoms with Crippen LogP contribution in [0.2, 0.25) is 0 Å². The summed E-state index contributed by atoms with van der Waals surface area (Å²) in [5.41, 5.74) is 1.23. The van der Waals surface area contributed by atoms with Crippen LogP contribution in [0.15, 0.2) is 96.2 Å². The van der Waals surface area contributed by atoms with E-state index in [9.17, 15) is 0 Å². The van der Waals surface area contributed by atoms with E-state index in [4.69, 9.17) is 4.43 Å². The summed E-state index contributed by atoms with van der Waals surface area (Å²) < 4.78 is 6.70. The minimum Gasteiger partial charge on any atom is -0.405 e. The third-order valence-corrected chi connectivity index (χ3v) is 9.11. The van der Waals surface area contributed by atoms with Gasteiger partial charge in [0.2, 0.25) is 0 Å². The maximum atomic E-state index is 6.70. The van der Waals surface area contributed by atoms with Crippen LogP contribution < -0.4 is 10.4 Å². The van der Waals surface area contributed by atoms with Crippen molar-refractivity contribution in [2.75, 3.05) is 6.61 Å². The largest absolute Gasteiger partial charge is 0.405 e. The molecule has 0 unspecified atom stereocenters. The molecule has 0 saturated heterocycles. The van der Waals surface area contributed by atoms with Crippen molar-refractivity contribution in [3.05, 3.63) is 102 Å². The molecule has 0 fully saturated rings. The van der Waals surface area contributed by atoms with Crippen molar-refractivity contribution in [2.24, 2.45) is 0 Å². The Labute approximate surface area is 158 Å². The van der Waals surface area contributed by atoms with E-state index >= 15 is 0 Å². The smallest absolute Gasteiger partial charge is 0.284 e. The van der Waals surface area contributed by atoms with Crippen LogP contribution in [0.5, 0.6) is 0 Å². The van der Waals surface area contributed by atoms with E-state index in [2.05, 4.69) is 111 Å². The Balaban J connectivity index is 2.26. The molecule has 3 rings (SSSR count). The summed E-state index contributed by atoms with van der Waals surface area (Å²) >= 11 is 0. The number of hydrogen-bond acceptors (Lipinski definition) is 1. The number of allylic oxidation sites excluding steroid dienone is 1. The molecule has 2 heteroatoms. The van der Waals surface area contributed by atoms with Crippen molar-refractivity contribution in [1.29, 1.82) is 0 Å². The lowest BCUT2D eigenvalue weighted by atomic mass is 10.2. The molecule has 26 heavy (non-hydrogen) atoms. The van der Waals surface area contributed by atoms with Gasteiger partial charge in [0.05, 0.1) is 0 Å². The van der Waals surface area contributed by atoms with Gasteiger partial charge in [0.25, 0.3) is 8.32 Å². The molecule has 0 spiro atoms. The first kappa shape index (κ1) is 18.4. The molecular weight excluding hydrogens is 332 g/mol. The summed E-state index contributed by atoms with van der Waals surface area (Å²) in [4.78, 5) is 0. The number of rotatable bonds is 7. The van der Waals surface area contributed by atoms with E-state index in [-0.39, 0.29) is 0 Å². The first-order valence-electron chi connectivity index (χ1n) is 9.32. The lowest BCUT2D eigenvalue weighted by Crippen LogP contribution is -2.62. The van der Waals surface area contributed by atoms with Crippen molar-refractivity contribution in [3.8, 4) is 0 Å². The van der Waals surface area contributed by atoms with Crippen LogP contribution in [0.4, 0.5) is 0 Å². The molecule has 0 aliphatic rings. The van der Waals surface area contributed by atoms with Gasteiger partial charge in [0.1, 0.15) is 0 Å². The molecule has 0 aromatic heterocycles. The molecule has 3 aromatic carbocycles. The molecule has 0 radical (unpaired) electrons. The van der Waals surface area contributed by atoms with Gasteiger partial charge in [-0.25, -0.2) is 0 Å². The van der Waals surface area contributed by atoms with E-state index in [1.807, 2.05) is 0 Å². The molecule has 1 nitrogen and oxygen atoms in total. The summed E-state index contributed by atoms with van der Waals surface area (Å²) in [6, 6.07) is 32.1. The highest BCUT2D eigenvalue weighted by molar-refractivity contribution is 7.03. The highest BCUT2D eigenvalue weighted by Gasteiger charge is 2.42. The van der Waals surface area contributed by atoms with E-state index in [0.717, 1.165) is 6.42 Å². The average Bonchev–Trinajstić information content (AvgIpc) is 2.72. The summed E-state index contributed by atoms with van der Waals surface area (Å²) in [6.45, 7) is 5.03. The molecule has 3 aromatic rings. The summed E-state index contributed by atoms with van der Waals surface area (Å²) in [5, 5.41) is 4.00. The van der Waals surface area contributed by atoms with Crippen LogP contribution >= 0.6 is 0 Å². The van der Waals surface area contributed by atoms with Crippen LogP contribution in [-0.2, 0) is 4.43 Å². The molecule has 0 saturated carbocycles. The summed E-state index contributed by atoms with van der Waals surface area (Å²) in [5.74, 6) is 0. The minimum absolute atomic E-state index is 0.697. The van der Waals surface area contributed by atoms with Crippen LogP contribution in [0.3, 0.4) is 0 Å². The number of hydrogen-bond donors (Lipinski definition) is 0. The van der Waals surface area contributed by atoms with E-state index < -0.39 is 8.32 Å². The van der Waals surface area contributed by atoms with Gasteiger partial charge < -0.3 is 4.43 Å². The Kier molecular flexibility index (Phi) is 6.21. The lowest BCUT2D eigenvalue weighted by Gasteiger charge is -2.34. The Morgan fingerprint density at radius 3 is 1.62 bits per heavy atom. The van der Waals surface area contributed by atoms with Gasteiger partial charge in [-0.15, -0.1) is 0 Å². The average molecular weight is 359 g/mol. The molecule has 0 aliphatic carbocycles. The zero-order valence-corrected chi connectivity index (χ0v) is 16.6. The second kappa shape index (κ2) is 8.79. The minimum atomic E-state index is -2.50. The first-order valence-corrected chi connectivity index (χ1v) is 11.2. The van der Waals surface area contributed by atoms with E-state index in [1.54, 1.807) is 0 Å². The third kappa shape index (κ3) is 3.72. The molecule has 0 amide bonds. The van der Waals surface area contributed by atoms with Crippen molar-refractivity contribution in [2.45, 2.75) is 20.3 Å². The van der Waals surface area contributed by atoms with Crippen molar-refractivity contribution < 1.29 is 4.43 Å². The van der Waals surface area contributed by atoms with Crippen molar-refractivity contribution >= 4 is 24.8 Å². The zero-order valence-electron chi connectivity index (χ0n) is 15.6. The third-order valence-electron chi connectivity index (χ3n) is 4.70. The van der Waals surface area contributed by atoms with Gasteiger partial charge in [-0.05, 0) is 34.5 Å². The zero-order chi connectivity index (χ0) is 18.2. The van der Waals surface area contributed by atoms with Gasteiger partial charge in [0.15, 0.2) is 0 Å². The van der Waals surface area contributed by atoms with Crippen LogP contribution in [-0.4, -0.2) is 14.9 Å². The van der Waals surface area contributed by atoms with Gasteiger partial charge >= 0.3 is 0 Å². The predicted octanol–water partition coefficient (Wildman–Crippen LogP) is 4.82. The van der Waals surface area contributed by atoms with Gasteiger partial charge in [0, 0.05) is 6.61 Å². The van der Waals surface area contributed by atoms with Crippen LogP contribution in [0, 0.1) is 0 Å². The fourth-order valence-corrected chi connectivity index (χ4v) is 7.78. The van der Waals surface area contributed by atoms with Crippen molar-refractivity contribution in [3.63, 3.8) is 0 Å². The molecule has 0 aliphatic heterocycles. The maximum absolute atomic E-state index is 6.70. The lowest BCUT2D eigenvalue weighted by molar-refractivity contribution is 0.344. The highest BCUT2D eigenvalue weighted by atomic mass is 28.4. The topological polar surface area (TPSA) is 9.23 Å². The van der Waals surface area contributed by atoms with Crippen molar-refractivity contribution in [1.82, 2.24) is 0 Å². The van der Waals surface area contributed by atoms with Gasteiger partial charge in [-0.2, -0.15) is 0 Å². The molecule has 0 bridgehead atoms. The first-order chi connectivity index (χ1) is 12.8. The molecule has 0 atom stereocenters. The van der Waals surface area contributed by atoms with Crippen LogP contribution in [0.1, 0.15) is 25.8 Å². The summed E-state index contributed by atoms with van der Waals surface area (Å²) in [7, 11) is -2.50. The van der Waals surface area contributed by atoms with Gasteiger partial charge in [-0.1, -0.05) is 104 Å². The Bertz CT molecular complexity index is 786. The van der Waals surface area contributed by atoms with E-state index in [0.29, 0.717) is 6.61 Å². The van der Waals surface area contributed by atoms with Gasteiger partial charge in [-0.3, -0.25) is 0 Å². The fourth-order valence-electron chi connectivity index (χ4n) is 3.56. The standard InChI is InChI=1S/C24H26OSi/c1-3-22(20-21-14-8-5-9-15-21)26(25-4-2,23-16-10-6-11-17-23)24-18-12-7-13-19-24/h5-20H,3-4H2,1-2H3/b22-20+. The Morgan fingerprint density at radius 2 is 1.19 bits per heavy atom.